The third kappa shape index (κ3) is 3.83. The van der Waals surface area contributed by atoms with Gasteiger partial charge in [-0.15, -0.1) is 11.3 Å². The highest BCUT2D eigenvalue weighted by atomic mass is 32.2. The van der Waals surface area contributed by atoms with Gasteiger partial charge < -0.3 is 4.74 Å². The van der Waals surface area contributed by atoms with E-state index in [1.807, 2.05) is 0 Å². The van der Waals surface area contributed by atoms with E-state index in [1.165, 1.54) is 16.4 Å². The van der Waals surface area contributed by atoms with Gasteiger partial charge in [-0.3, -0.25) is 4.31 Å². The number of rotatable bonds is 6. The van der Waals surface area contributed by atoms with E-state index in [1.54, 1.807) is 61.0 Å². The zero-order valence-electron chi connectivity index (χ0n) is 13.4. The van der Waals surface area contributed by atoms with Gasteiger partial charge in [-0.05, 0) is 53.4 Å². The smallest absolute Gasteiger partial charge is 0.274 e. The van der Waals surface area contributed by atoms with Crippen LogP contribution in [0.2, 0.25) is 0 Å². The van der Waals surface area contributed by atoms with Crippen molar-refractivity contribution in [1.82, 2.24) is 0 Å². The van der Waals surface area contributed by atoms with Crippen molar-refractivity contribution < 1.29 is 17.5 Å². The first-order valence-corrected chi connectivity index (χ1v) is 9.77. The van der Waals surface area contributed by atoms with Crippen molar-refractivity contribution in [1.29, 1.82) is 0 Å². The first-order chi connectivity index (χ1) is 12.0. The lowest BCUT2D eigenvalue weighted by Crippen LogP contribution is -2.30. The topological polar surface area (TPSA) is 46.6 Å². The lowest BCUT2D eigenvalue weighted by Gasteiger charge is -2.24. The zero-order chi connectivity index (χ0) is 17.9. The largest absolute Gasteiger partial charge is 0.497 e. The molecule has 4 nitrogen and oxygen atoms in total. The van der Waals surface area contributed by atoms with Gasteiger partial charge in [0.25, 0.3) is 10.0 Å². The van der Waals surface area contributed by atoms with Gasteiger partial charge in [0.05, 0.1) is 19.3 Å². The van der Waals surface area contributed by atoms with E-state index in [2.05, 4.69) is 0 Å². The van der Waals surface area contributed by atoms with Gasteiger partial charge in [0.1, 0.15) is 15.8 Å². The summed E-state index contributed by atoms with van der Waals surface area (Å²) in [6.07, 6.45) is 0. The molecule has 0 saturated heterocycles. The quantitative estimate of drug-likeness (QED) is 0.644. The average Bonchev–Trinajstić information content (AvgIpc) is 3.15. The molecule has 0 radical (unpaired) electrons. The van der Waals surface area contributed by atoms with Crippen molar-refractivity contribution >= 4 is 27.0 Å². The Balaban J connectivity index is 2.04. The number of hydrogen-bond acceptors (Lipinski definition) is 4. The van der Waals surface area contributed by atoms with E-state index < -0.39 is 15.8 Å². The number of benzene rings is 2. The number of ether oxygens (including phenoxy) is 1. The van der Waals surface area contributed by atoms with Crippen LogP contribution in [0, 0.1) is 5.82 Å². The van der Waals surface area contributed by atoms with E-state index in [0.717, 1.165) is 11.3 Å². The highest BCUT2D eigenvalue weighted by molar-refractivity contribution is 7.94. The lowest BCUT2D eigenvalue weighted by molar-refractivity contribution is 0.415. The van der Waals surface area contributed by atoms with Crippen LogP contribution in [0.4, 0.5) is 10.1 Å². The maximum Gasteiger partial charge on any atom is 0.274 e. The summed E-state index contributed by atoms with van der Waals surface area (Å²) in [4.78, 5) is 0. The van der Waals surface area contributed by atoms with Crippen molar-refractivity contribution in [2.45, 2.75) is 10.8 Å². The fraction of sp³-hybridized carbons (Fsp3) is 0.111. The number of thiophene rings is 1. The number of hydrogen-bond donors (Lipinski definition) is 0. The van der Waals surface area contributed by atoms with Gasteiger partial charge in [-0.2, -0.15) is 0 Å². The van der Waals surface area contributed by atoms with Crippen LogP contribution in [-0.2, 0) is 16.6 Å². The normalized spacial score (nSPS) is 11.3. The molecule has 7 heteroatoms. The Hall–Kier alpha value is -2.38. The van der Waals surface area contributed by atoms with Crippen molar-refractivity contribution in [3.05, 3.63) is 77.4 Å². The molecule has 3 aromatic rings. The molecule has 130 valence electrons. The fourth-order valence-corrected chi connectivity index (χ4v) is 4.94. The van der Waals surface area contributed by atoms with Gasteiger partial charge in [0.2, 0.25) is 0 Å². The molecule has 0 aliphatic rings. The van der Waals surface area contributed by atoms with Crippen LogP contribution < -0.4 is 9.04 Å². The lowest BCUT2D eigenvalue weighted by atomic mass is 10.2. The summed E-state index contributed by atoms with van der Waals surface area (Å²) in [6.45, 7) is 0.0321. The van der Waals surface area contributed by atoms with Gasteiger partial charge >= 0.3 is 0 Å². The van der Waals surface area contributed by atoms with Crippen LogP contribution in [0.3, 0.4) is 0 Å². The van der Waals surface area contributed by atoms with Crippen molar-refractivity contribution in [2.75, 3.05) is 11.4 Å². The molecule has 2 aromatic carbocycles. The van der Waals surface area contributed by atoms with E-state index in [0.29, 0.717) is 17.0 Å². The maximum absolute atomic E-state index is 13.5. The van der Waals surface area contributed by atoms with Gasteiger partial charge in [0.15, 0.2) is 0 Å². The minimum Gasteiger partial charge on any atom is -0.497 e. The summed E-state index contributed by atoms with van der Waals surface area (Å²) in [5, 5.41) is 1.71. The number of methoxy groups -OCH3 is 1. The summed E-state index contributed by atoms with van der Waals surface area (Å²) < 4.78 is 46.2. The SMILES string of the molecule is COc1ccc(N(Cc2cccc(F)c2)S(=O)(=O)c2cccs2)cc1. The maximum atomic E-state index is 13.5. The van der Waals surface area contributed by atoms with Gasteiger partial charge in [0, 0.05) is 0 Å². The summed E-state index contributed by atoms with van der Waals surface area (Å²) in [5.41, 5.74) is 1.05. The van der Waals surface area contributed by atoms with Crippen LogP contribution >= 0.6 is 11.3 Å². The number of anilines is 1. The van der Waals surface area contributed by atoms with Gasteiger partial charge in [-0.1, -0.05) is 18.2 Å². The molecule has 0 amide bonds. The zero-order valence-corrected chi connectivity index (χ0v) is 15.1. The Morgan fingerprint density at radius 1 is 1.08 bits per heavy atom. The molecular weight excluding hydrogens is 361 g/mol. The molecule has 0 unspecified atom stereocenters. The van der Waals surface area contributed by atoms with Crippen molar-refractivity contribution in [2.24, 2.45) is 0 Å². The van der Waals surface area contributed by atoms with E-state index >= 15 is 0 Å². The van der Waals surface area contributed by atoms with Crippen molar-refractivity contribution in [3.63, 3.8) is 0 Å². The fourth-order valence-electron chi connectivity index (χ4n) is 2.38. The highest BCUT2D eigenvalue weighted by Gasteiger charge is 2.26. The minimum atomic E-state index is -3.75. The highest BCUT2D eigenvalue weighted by Crippen LogP contribution is 2.29. The standard InChI is InChI=1S/C18H16FNO3S2/c1-23-17-9-7-16(8-10-17)20(13-14-4-2-5-15(19)12-14)25(21,22)18-6-3-11-24-18/h2-12H,13H2,1H3. The molecular formula is C18H16FNO3S2. The molecule has 0 fully saturated rings. The summed E-state index contributed by atoms with van der Waals surface area (Å²) in [5.74, 6) is 0.226. The second-order valence-electron chi connectivity index (χ2n) is 5.27. The first kappa shape index (κ1) is 17.4. The minimum absolute atomic E-state index is 0.0321. The number of nitrogens with zero attached hydrogens (tertiary/aromatic N) is 1. The molecule has 0 aliphatic heterocycles. The monoisotopic (exact) mass is 377 g/mol. The predicted octanol–water partition coefficient (Wildman–Crippen LogP) is 4.29. The Morgan fingerprint density at radius 2 is 1.84 bits per heavy atom. The van der Waals surface area contributed by atoms with Gasteiger partial charge in [-0.25, -0.2) is 12.8 Å². The van der Waals surface area contributed by atoms with Crippen LogP contribution in [0.1, 0.15) is 5.56 Å². The number of sulfonamides is 1. The third-order valence-corrected chi connectivity index (χ3v) is 6.76. The predicted molar refractivity (Wildman–Crippen MR) is 97.1 cm³/mol. The van der Waals surface area contributed by atoms with Crippen LogP contribution in [0.15, 0.2) is 70.3 Å². The molecule has 0 N–H and O–H groups in total. The average molecular weight is 377 g/mol. The third-order valence-electron chi connectivity index (χ3n) is 3.62. The van der Waals surface area contributed by atoms with E-state index in [4.69, 9.17) is 4.74 Å². The summed E-state index contributed by atoms with van der Waals surface area (Å²) in [7, 11) is -2.21. The molecule has 0 aliphatic carbocycles. The molecule has 0 bridgehead atoms. The second-order valence-corrected chi connectivity index (χ2v) is 8.31. The molecule has 25 heavy (non-hydrogen) atoms. The molecule has 0 atom stereocenters. The Bertz CT molecular complexity index is 939. The summed E-state index contributed by atoms with van der Waals surface area (Å²) >= 11 is 1.15. The van der Waals surface area contributed by atoms with Crippen LogP contribution in [0.25, 0.3) is 0 Å². The van der Waals surface area contributed by atoms with E-state index in [-0.39, 0.29) is 10.8 Å². The molecule has 0 spiro atoms. The van der Waals surface area contributed by atoms with Crippen molar-refractivity contribution in [3.8, 4) is 5.75 Å². The number of halogens is 1. The van der Waals surface area contributed by atoms with E-state index in [9.17, 15) is 12.8 Å². The Morgan fingerprint density at radius 3 is 2.44 bits per heavy atom. The van der Waals surface area contributed by atoms with Crippen LogP contribution in [-0.4, -0.2) is 15.5 Å². The molecule has 3 rings (SSSR count). The molecule has 0 saturated carbocycles. The second kappa shape index (κ2) is 7.25. The molecule has 1 aromatic heterocycles. The Kier molecular flexibility index (Phi) is 5.06. The molecule has 1 heterocycles. The summed E-state index contributed by atoms with van der Waals surface area (Å²) in [6, 6.07) is 15.9. The Labute approximate surface area is 150 Å². The first-order valence-electron chi connectivity index (χ1n) is 7.45. The van der Waals surface area contributed by atoms with Crippen LogP contribution in [0.5, 0.6) is 5.75 Å².